The summed E-state index contributed by atoms with van der Waals surface area (Å²) in [5, 5.41) is 2.90. The van der Waals surface area contributed by atoms with Crippen LogP contribution in [0.25, 0.3) is 6.08 Å². The Morgan fingerprint density at radius 1 is 1.22 bits per heavy atom. The van der Waals surface area contributed by atoms with Gasteiger partial charge in [0.1, 0.15) is 0 Å². The molecule has 1 aliphatic rings. The van der Waals surface area contributed by atoms with Crippen LogP contribution in [0.5, 0.6) is 0 Å². The van der Waals surface area contributed by atoms with E-state index in [4.69, 9.17) is 5.73 Å². The highest BCUT2D eigenvalue weighted by molar-refractivity contribution is 9.10. The molecule has 23 heavy (non-hydrogen) atoms. The number of hydrogen-bond donors (Lipinski definition) is 2. The molecular weight excluding hydrogens is 354 g/mol. The van der Waals surface area contributed by atoms with E-state index in [1.807, 2.05) is 35.2 Å². The van der Waals surface area contributed by atoms with Crippen LogP contribution >= 0.6 is 15.9 Å². The minimum Gasteiger partial charge on any atom is -0.328 e. The first-order valence-corrected chi connectivity index (χ1v) is 8.70. The average molecular weight is 380 g/mol. The molecule has 0 unspecified atom stereocenters. The normalized spacial score (nSPS) is 20.7. The van der Waals surface area contributed by atoms with Gasteiger partial charge in [0.25, 0.3) is 0 Å². The highest BCUT2D eigenvalue weighted by Gasteiger charge is 2.46. The Morgan fingerprint density at radius 3 is 2.26 bits per heavy atom. The number of nitrogens with two attached hydrogens (primary N) is 1. The Morgan fingerprint density at radius 2 is 1.74 bits per heavy atom. The molecule has 1 fully saturated rings. The predicted octanol–water partition coefficient (Wildman–Crippen LogP) is 4.11. The van der Waals surface area contributed by atoms with E-state index in [0.29, 0.717) is 0 Å². The third-order valence-electron chi connectivity index (χ3n) is 4.29. The molecule has 0 atom stereocenters. The van der Waals surface area contributed by atoms with Crippen LogP contribution in [0.1, 0.15) is 46.1 Å². The highest BCUT2D eigenvalue weighted by Crippen LogP contribution is 2.37. The van der Waals surface area contributed by atoms with Crippen LogP contribution in [-0.2, 0) is 0 Å². The number of nitrogens with zero attached hydrogens (tertiary/aromatic N) is 1. The number of benzene rings is 1. The van der Waals surface area contributed by atoms with Gasteiger partial charge in [0, 0.05) is 27.8 Å². The predicted molar refractivity (Wildman–Crippen MR) is 98.9 cm³/mol. The molecular formula is C18H26BrN3O. The Kier molecular flexibility index (Phi) is 5.21. The number of amides is 2. The maximum absolute atomic E-state index is 12.7. The molecule has 1 saturated heterocycles. The lowest BCUT2D eigenvalue weighted by Crippen LogP contribution is -2.66. The van der Waals surface area contributed by atoms with E-state index in [1.165, 1.54) is 0 Å². The van der Waals surface area contributed by atoms with Crippen molar-refractivity contribution in [1.82, 2.24) is 10.2 Å². The Labute approximate surface area is 147 Å². The second kappa shape index (κ2) is 6.65. The van der Waals surface area contributed by atoms with Crippen LogP contribution in [0.4, 0.5) is 4.79 Å². The molecule has 4 nitrogen and oxygen atoms in total. The van der Waals surface area contributed by atoms with Crippen LogP contribution in [0, 0.1) is 0 Å². The van der Waals surface area contributed by atoms with Gasteiger partial charge in [0.15, 0.2) is 0 Å². The van der Waals surface area contributed by atoms with E-state index >= 15 is 0 Å². The third kappa shape index (κ3) is 4.36. The van der Waals surface area contributed by atoms with Crippen molar-refractivity contribution in [2.24, 2.45) is 5.73 Å². The SMILES string of the molecule is CC1(C)CC(N)CC(C)(C)N1C(=O)N/C=C/c1ccc(Br)cc1. The summed E-state index contributed by atoms with van der Waals surface area (Å²) in [7, 11) is 0. The Hall–Kier alpha value is -1.33. The summed E-state index contributed by atoms with van der Waals surface area (Å²) < 4.78 is 1.03. The molecule has 1 aromatic carbocycles. The molecule has 0 aromatic heterocycles. The Balaban J connectivity index is 2.08. The van der Waals surface area contributed by atoms with Crippen molar-refractivity contribution in [3.8, 4) is 0 Å². The molecule has 2 amide bonds. The summed E-state index contributed by atoms with van der Waals surface area (Å²) in [4.78, 5) is 14.6. The zero-order valence-corrected chi connectivity index (χ0v) is 15.9. The first kappa shape index (κ1) is 18.0. The molecule has 0 bridgehead atoms. The van der Waals surface area contributed by atoms with E-state index in [1.54, 1.807) is 6.20 Å². The molecule has 1 aliphatic heterocycles. The molecule has 0 spiro atoms. The summed E-state index contributed by atoms with van der Waals surface area (Å²) in [5.41, 5.74) is 6.66. The van der Waals surface area contributed by atoms with Crippen molar-refractivity contribution in [3.05, 3.63) is 40.5 Å². The van der Waals surface area contributed by atoms with E-state index < -0.39 is 0 Å². The molecule has 126 valence electrons. The van der Waals surface area contributed by atoms with Crippen molar-refractivity contribution >= 4 is 28.0 Å². The lowest BCUT2D eigenvalue weighted by atomic mass is 9.77. The number of carbonyl (C=O) groups is 1. The summed E-state index contributed by atoms with van der Waals surface area (Å²) >= 11 is 3.41. The molecule has 0 saturated carbocycles. The largest absolute Gasteiger partial charge is 0.328 e. The van der Waals surface area contributed by atoms with Crippen LogP contribution in [0.2, 0.25) is 0 Å². The van der Waals surface area contributed by atoms with Crippen LogP contribution < -0.4 is 11.1 Å². The summed E-state index contributed by atoms with van der Waals surface area (Å²) in [6, 6.07) is 7.96. The number of halogens is 1. The van der Waals surface area contributed by atoms with Gasteiger partial charge in [-0.25, -0.2) is 4.79 Å². The van der Waals surface area contributed by atoms with Gasteiger partial charge in [0.2, 0.25) is 0 Å². The minimum absolute atomic E-state index is 0.0831. The fourth-order valence-corrected chi connectivity index (χ4v) is 4.02. The van der Waals surface area contributed by atoms with Gasteiger partial charge < -0.3 is 16.0 Å². The maximum Gasteiger partial charge on any atom is 0.322 e. The zero-order chi connectivity index (χ0) is 17.3. The number of piperidine rings is 1. The molecule has 1 aromatic rings. The number of carbonyl (C=O) groups excluding carboxylic acids is 1. The fraction of sp³-hybridized carbons (Fsp3) is 0.500. The second-order valence-corrected chi connectivity index (χ2v) is 8.38. The molecule has 1 heterocycles. The van der Waals surface area contributed by atoms with Gasteiger partial charge in [-0.1, -0.05) is 28.1 Å². The van der Waals surface area contributed by atoms with Gasteiger partial charge in [-0.05, 0) is 64.3 Å². The lowest BCUT2D eigenvalue weighted by Gasteiger charge is -2.54. The number of hydrogen-bond acceptors (Lipinski definition) is 2. The summed E-state index contributed by atoms with van der Waals surface area (Å²) in [6.07, 6.45) is 5.20. The first-order chi connectivity index (χ1) is 10.6. The topological polar surface area (TPSA) is 58.4 Å². The number of nitrogens with one attached hydrogen (secondary N) is 1. The third-order valence-corrected chi connectivity index (χ3v) is 4.82. The molecule has 0 radical (unpaired) electrons. The van der Waals surface area contributed by atoms with E-state index in [9.17, 15) is 4.79 Å². The minimum atomic E-state index is -0.267. The first-order valence-electron chi connectivity index (χ1n) is 7.90. The fourth-order valence-electron chi connectivity index (χ4n) is 3.75. The molecule has 0 aliphatic carbocycles. The maximum atomic E-state index is 12.7. The monoisotopic (exact) mass is 379 g/mol. The second-order valence-electron chi connectivity index (χ2n) is 7.46. The van der Waals surface area contributed by atoms with Crippen LogP contribution in [0.15, 0.2) is 34.9 Å². The average Bonchev–Trinajstić information content (AvgIpc) is 2.37. The molecule has 5 heteroatoms. The van der Waals surface area contributed by atoms with Crippen molar-refractivity contribution in [2.75, 3.05) is 0 Å². The van der Waals surface area contributed by atoms with E-state index in [0.717, 1.165) is 22.9 Å². The van der Waals surface area contributed by atoms with Crippen molar-refractivity contribution < 1.29 is 4.79 Å². The molecule has 2 rings (SSSR count). The van der Waals surface area contributed by atoms with Crippen molar-refractivity contribution in [1.29, 1.82) is 0 Å². The standard InChI is InChI=1S/C18H26BrN3O/c1-17(2)11-15(20)12-18(3,4)22(17)16(23)21-10-9-13-5-7-14(19)8-6-13/h5-10,15H,11-12,20H2,1-4H3,(H,21,23)/b10-9+. The zero-order valence-electron chi connectivity index (χ0n) is 14.3. The van der Waals surface area contributed by atoms with Gasteiger partial charge >= 0.3 is 6.03 Å². The van der Waals surface area contributed by atoms with E-state index in [2.05, 4.69) is 48.9 Å². The van der Waals surface area contributed by atoms with Gasteiger partial charge in [-0.2, -0.15) is 0 Å². The Bertz CT molecular complexity index is 575. The number of urea groups is 1. The number of likely N-dealkylation sites (tertiary alicyclic amines) is 1. The quantitative estimate of drug-likeness (QED) is 0.811. The van der Waals surface area contributed by atoms with Crippen LogP contribution in [-0.4, -0.2) is 28.1 Å². The highest BCUT2D eigenvalue weighted by atomic mass is 79.9. The lowest BCUT2D eigenvalue weighted by molar-refractivity contribution is 0.00444. The summed E-state index contributed by atoms with van der Waals surface area (Å²) in [5.74, 6) is 0. The van der Waals surface area contributed by atoms with Crippen molar-refractivity contribution in [2.45, 2.75) is 57.7 Å². The van der Waals surface area contributed by atoms with Gasteiger partial charge in [-0.3, -0.25) is 0 Å². The summed E-state index contributed by atoms with van der Waals surface area (Å²) in [6.45, 7) is 8.30. The van der Waals surface area contributed by atoms with Gasteiger partial charge in [-0.15, -0.1) is 0 Å². The van der Waals surface area contributed by atoms with Crippen molar-refractivity contribution in [3.63, 3.8) is 0 Å². The van der Waals surface area contributed by atoms with Crippen LogP contribution in [0.3, 0.4) is 0 Å². The smallest absolute Gasteiger partial charge is 0.322 e. The van der Waals surface area contributed by atoms with E-state index in [-0.39, 0.29) is 23.2 Å². The number of rotatable bonds is 2. The molecule has 3 N–H and O–H groups in total. The van der Waals surface area contributed by atoms with Gasteiger partial charge in [0.05, 0.1) is 0 Å².